The molecule has 0 amide bonds. The number of allylic oxidation sites excluding steroid dienone is 7. The highest BCUT2D eigenvalue weighted by molar-refractivity contribution is 6.12. The number of hydrogen-bond donors (Lipinski definition) is 0. The van der Waals surface area contributed by atoms with Crippen molar-refractivity contribution in [3.63, 3.8) is 0 Å². The van der Waals surface area contributed by atoms with Crippen LogP contribution in [0, 0.1) is 0 Å². The molecular weight excluding hydrogens is 588 g/mol. The van der Waals surface area contributed by atoms with Gasteiger partial charge in [0.15, 0.2) is 12.7 Å². The predicted octanol–water partition coefficient (Wildman–Crippen LogP) is 10.0. The van der Waals surface area contributed by atoms with Crippen molar-refractivity contribution in [1.29, 1.82) is 0 Å². The molecule has 0 saturated carbocycles. The molecule has 1 aliphatic rings. The van der Waals surface area contributed by atoms with E-state index in [4.69, 9.17) is 14.5 Å². The molecule has 4 nitrogen and oxygen atoms in total. The van der Waals surface area contributed by atoms with Gasteiger partial charge in [-0.15, -0.1) is 0 Å². The maximum absolute atomic E-state index is 6.26. The molecule has 0 radical (unpaired) electrons. The van der Waals surface area contributed by atoms with E-state index in [0.29, 0.717) is 13.2 Å². The first-order chi connectivity index (χ1) is 23.7. The van der Waals surface area contributed by atoms with Crippen molar-refractivity contribution in [2.24, 2.45) is 4.99 Å². The van der Waals surface area contributed by atoms with E-state index in [2.05, 4.69) is 150 Å². The van der Waals surface area contributed by atoms with Crippen LogP contribution in [0.25, 0.3) is 32.4 Å². The van der Waals surface area contributed by atoms with E-state index in [1.54, 1.807) is 0 Å². The summed E-state index contributed by atoms with van der Waals surface area (Å²) < 4.78 is 14.8. The van der Waals surface area contributed by atoms with Gasteiger partial charge in [-0.05, 0) is 82.1 Å². The number of pyridine rings is 1. The van der Waals surface area contributed by atoms with Crippen molar-refractivity contribution in [3.05, 3.63) is 180 Å². The fourth-order valence-corrected chi connectivity index (χ4v) is 6.16. The third kappa shape index (κ3) is 7.29. The van der Waals surface area contributed by atoms with Crippen LogP contribution in [0.5, 0.6) is 5.75 Å². The highest BCUT2D eigenvalue weighted by Crippen LogP contribution is 2.24. The minimum Gasteiger partial charge on any atom is -0.489 e. The van der Waals surface area contributed by atoms with Crippen LogP contribution in [-0.2, 0) is 24.5 Å². The van der Waals surface area contributed by atoms with Crippen LogP contribution < -0.4 is 9.30 Å². The molecule has 0 spiro atoms. The third-order valence-corrected chi connectivity index (χ3v) is 8.65. The second-order valence-corrected chi connectivity index (χ2v) is 12.0. The lowest BCUT2D eigenvalue weighted by Gasteiger charge is -2.14. The lowest BCUT2D eigenvalue weighted by atomic mass is 10.0. The van der Waals surface area contributed by atoms with Crippen molar-refractivity contribution in [1.82, 2.24) is 0 Å². The van der Waals surface area contributed by atoms with Gasteiger partial charge in [0, 0.05) is 30.7 Å². The largest absolute Gasteiger partial charge is 0.489 e. The van der Waals surface area contributed by atoms with Crippen molar-refractivity contribution in [2.75, 3.05) is 6.54 Å². The highest BCUT2D eigenvalue weighted by Gasteiger charge is 2.12. The molecule has 6 aromatic rings. The Labute approximate surface area is 282 Å². The number of nitrogens with zero attached hydrogens (tertiary/aromatic N) is 2. The lowest BCUT2D eigenvalue weighted by Crippen LogP contribution is -2.34. The second-order valence-electron chi connectivity index (χ2n) is 12.0. The van der Waals surface area contributed by atoms with E-state index >= 15 is 0 Å². The number of ether oxygens (including phenoxy) is 2. The first-order valence-corrected chi connectivity index (χ1v) is 16.6. The Morgan fingerprint density at radius 2 is 1.54 bits per heavy atom. The Balaban J connectivity index is 0.969. The minimum absolute atomic E-state index is 0.515. The molecule has 0 saturated heterocycles. The lowest BCUT2D eigenvalue weighted by molar-refractivity contribution is -0.671. The van der Waals surface area contributed by atoms with Gasteiger partial charge in [0.25, 0.3) is 0 Å². The van der Waals surface area contributed by atoms with Gasteiger partial charge in [0.2, 0.25) is 5.52 Å². The van der Waals surface area contributed by atoms with Crippen LogP contribution in [0.3, 0.4) is 0 Å². The molecule has 1 aromatic heterocycles. The quantitative estimate of drug-likeness (QED) is 0.106. The number of aromatic nitrogens is 1. The number of hydrogen-bond acceptors (Lipinski definition) is 3. The normalized spacial score (nSPS) is 14.8. The number of aliphatic imine (C=N–C) groups is 1. The van der Waals surface area contributed by atoms with Gasteiger partial charge < -0.3 is 9.47 Å². The van der Waals surface area contributed by atoms with Crippen LogP contribution in [0.15, 0.2) is 174 Å². The molecular formula is C44H39N2O2+. The summed E-state index contributed by atoms with van der Waals surface area (Å²) in [7, 11) is 0. The molecule has 7 rings (SSSR count). The zero-order chi connectivity index (χ0) is 32.5. The SMILES string of the molecule is C/C=C\C=C1\C=C(OCc2cccc3ccccc23)C=CC1=NCCC[n+]1cccc2cc(OCc3ccc4ccccc4c3)ccc21. The Morgan fingerprint density at radius 3 is 2.46 bits per heavy atom. The molecule has 0 atom stereocenters. The average Bonchev–Trinajstić information content (AvgIpc) is 3.14. The Kier molecular flexibility index (Phi) is 9.51. The van der Waals surface area contributed by atoms with E-state index in [-0.39, 0.29) is 0 Å². The van der Waals surface area contributed by atoms with Gasteiger partial charge in [-0.25, -0.2) is 0 Å². The van der Waals surface area contributed by atoms with Gasteiger partial charge in [0.05, 0.1) is 11.1 Å². The van der Waals surface area contributed by atoms with Crippen molar-refractivity contribution in [3.8, 4) is 5.75 Å². The van der Waals surface area contributed by atoms with Gasteiger partial charge in [-0.2, -0.15) is 4.57 Å². The van der Waals surface area contributed by atoms with Gasteiger partial charge in [-0.3, -0.25) is 4.99 Å². The summed E-state index contributed by atoms with van der Waals surface area (Å²) in [5.74, 6) is 1.71. The fourth-order valence-electron chi connectivity index (χ4n) is 6.16. The van der Waals surface area contributed by atoms with Crippen LogP contribution in [0.1, 0.15) is 24.5 Å². The van der Waals surface area contributed by atoms with Gasteiger partial charge in [-0.1, -0.05) is 97.1 Å². The van der Waals surface area contributed by atoms with E-state index in [1.165, 1.54) is 32.6 Å². The molecule has 0 bridgehead atoms. The molecule has 1 aliphatic carbocycles. The molecule has 4 heteroatoms. The standard InChI is InChI=1S/C44H39N2O2/c1-2-3-11-37-29-40(48-32-39-16-8-15-35-13-6-7-18-42(35)39)21-23-43(37)45-25-10-27-46-26-9-17-38-30-41(22-24-44(38)46)47-31-33-19-20-34-12-4-5-14-36(34)28-33/h2-9,11-24,26,28-30H,10,25,27,31-32H2,1H3/q+1/b3-2-,37-11-,45-43?. The van der Waals surface area contributed by atoms with E-state index < -0.39 is 0 Å². The first kappa shape index (κ1) is 30.9. The fraction of sp³-hybridized carbons (Fsp3) is 0.136. The molecule has 0 fully saturated rings. The second kappa shape index (κ2) is 14.8. The van der Waals surface area contributed by atoms with Crippen molar-refractivity contribution < 1.29 is 14.0 Å². The van der Waals surface area contributed by atoms with E-state index in [0.717, 1.165) is 53.3 Å². The molecule has 0 N–H and O–H groups in total. The van der Waals surface area contributed by atoms with Crippen molar-refractivity contribution in [2.45, 2.75) is 33.1 Å². The van der Waals surface area contributed by atoms with Gasteiger partial charge >= 0.3 is 0 Å². The molecule has 0 aliphatic heterocycles. The Hall–Kier alpha value is -5.74. The Bertz CT molecular complexity index is 2230. The van der Waals surface area contributed by atoms with Crippen LogP contribution in [-0.4, -0.2) is 12.3 Å². The summed E-state index contributed by atoms with van der Waals surface area (Å²) in [6, 6.07) is 40.3. The number of benzene rings is 5. The molecule has 0 unspecified atom stereocenters. The summed E-state index contributed by atoms with van der Waals surface area (Å²) in [4.78, 5) is 4.99. The predicted molar refractivity (Wildman–Crippen MR) is 198 cm³/mol. The first-order valence-electron chi connectivity index (χ1n) is 16.6. The van der Waals surface area contributed by atoms with Gasteiger partial charge in [0.1, 0.15) is 24.7 Å². The number of fused-ring (bicyclic) bond motifs is 3. The maximum atomic E-state index is 6.26. The summed E-state index contributed by atoms with van der Waals surface area (Å²) in [5.41, 5.74) is 5.55. The third-order valence-electron chi connectivity index (χ3n) is 8.65. The molecule has 48 heavy (non-hydrogen) atoms. The summed E-state index contributed by atoms with van der Waals surface area (Å²) in [6.07, 6.45) is 15.4. The summed E-state index contributed by atoms with van der Waals surface area (Å²) in [6.45, 7) is 4.67. The number of aryl methyl sites for hydroxylation is 1. The monoisotopic (exact) mass is 627 g/mol. The minimum atomic E-state index is 0.515. The average molecular weight is 628 g/mol. The van der Waals surface area contributed by atoms with Crippen LogP contribution >= 0.6 is 0 Å². The topological polar surface area (TPSA) is 34.7 Å². The maximum Gasteiger partial charge on any atom is 0.212 e. The van der Waals surface area contributed by atoms with Crippen LogP contribution in [0.2, 0.25) is 0 Å². The summed E-state index contributed by atoms with van der Waals surface area (Å²) >= 11 is 0. The zero-order valence-corrected chi connectivity index (χ0v) is 27.3. The Morgan fingerprint density at radius 1 is 0.708 bits per heavy atom. The molecule has 236 valence electrons. The van der Waals surface area contributed by atoms with E-state index in [1.807, 2.05) is 19.1 Å². The molecule has 1 heterocycles. The zero-order valence-electron chi connectivity index (χ0n) is 27.3. The summed E-state index contributed by atoms with van der Waals surface area (Å²) in [5, 5.41) is 6.08. The number of rotatable bonds is 11. The molecule has 5 aromatic carbocycles. The highest BCUT2D eigenvalue weighted by atomic mass is 16.5. The smallest absolute Gasteiger partial charge is 0.212 e. The van der Waals surface area contributed by atoms with Crippen LogP contribution in [0.4, 0.5) is 0 Å². The van der Waals surface area contributed by atoms with E-state index in [9.17, 15) is 0 Å². The van der Waals surface area contributed by atoms with Crippen molar-refractivity contribution >= 4 is 38.2 Å².